The van der Waals surface area contributed by atoms with Gasteiger partial charge in [-0.15, -0.1) is 0 Å². The van der Waals surface area contributed by atoms with Crippen LogP contribution < -0.4 is 0 Å². The van der Waals surface area contributed by atoms with Gasteiger partial charge in [-0.25, -0.2) is 0 Å². The molecule has 0 amide bonds. The first-order valence-electron chi connectivity index (χ1n) is 6.42. The van der Waals surface area contributed by atoms with Gasteiger partial charge in [0.2, 0.25) is 0 Å². The summed E-state index contributed by atoms with van der Waals surface area (Å²) in [6, 6.07) is 0. The molecule has 0 aliphatic carbocycles. The van der Waals surface area contributed by atoms with Crippen LogP contribution in [0.5, 0.6) is 0 Å². The van der Waals surface area contributed by atoms with E-state index in [9.17, 15) is 4.79 Å². The predicted octanol–water partition coefficient (Wildman–Crippen LogP) is 2.23. The fraction of sp³-hybridized carbons (Fsp3) is 0.571. The Labute approximate surface area is 108 Å². The number of rotatable bonds is 4. The number of hydrogen-bond donors (Lipinski definition) is 0. The van der Waals surface area contributed by atoms with Gasteiger partial charge >= 0.3 is 0 Å². The van der Waals surface area contributed by atoms with Crippen LogP contribution in [0.4, 0.5) is 0 Å². The fourth-order valence-electron chi connectivity index (χ4n) is 2.35. The van der Waals surface area contributed by atoms with Crippen molar-refractivity contribution in [3.05, 3.63) is 28.8 Å². The highest BCUT2D eigenvalue weighted by Gasteiger charge is 2.15. The summed E-state index contributed by atoms with van der Waals surface area (Å²) in [6.07, 6.45) is 4.74. The molecule has 2 rings (SSSR count). The van der Waals surface area contributed by atoms with E-state index >= 15 is 0 Å². The molecule has 0 fully saturated rings. The molecule has 4 heteroatoms. The van der Waals surface area contributed by atoms with Gasteiger partial charge in [-0.2, -0.15) is 5.10 Å². The largest absolute Gasteiger partial charge is 0.501 e. The summed E-state index contributed by atoms with van der Waals surface area (Å²) in [4.78, 5) is 12.0. The molecule has 2 heterocycles. The van der Waals surface area contributed by atoms with Gasteiger partial charge < -0.3 is 4.74 Å². The summed E-state index contributed by atoms with van der Waals surface area (Å²) in [7, 11) is 1.94. The molecule has 0 N–H and O–H groups in total. The van der Waals surface area contributed by atoms with E-state index in [0.717, 1.165) is 42.8 Å². The minimum absolute atomic E-state index is 0.206. The Balaban J connectivity index is 1.99. The molecule has 0 spiro atoms. The summed E-state index contributed by atoms with van der Waals surface area (Å²) in [5.74, 6) is 0.206. The van der Waals surface area contributed by atoms with Crippen LogP contribution in [0, 0.1) is 13.8 Å². The predicted molar refractivity (Wildman–Crippen MR) is 69.3 cm³/mol. The Bertz CT molecular complexity index is 486. The molecule has 0 saturated carbocycles. The number of ether oxygens (including phenoxy) is 1. The molecule has 98 valence electrons. The average Bonchev–Trinajstić information content (AvgIpc) is 2.62. The first-order valence-corrected chi connectivity index (χ1v) is 6.42. The highest BCUT2D eigenvalue weighted by molar-refractivity contribution is 5.95. The average molecular weight is 248 g/mol. The molecule has 0 aromatic carbocycles. The minimum atomic E-state index is 0.206. The zero-order valence-electron chi connectivity index (χ0n) is 11.3. The fourth-order valence-corrected chi connectivity index (χ4v) is 2.35. The van der Waals surface area contributed by atoms with Crippen LogP contribution in [-0.2, 0) is 23.0 Å². The van der Waals surface area contributed by atoms with Crippen molar-refractivity contribution in [2.75, 3.05) is 6.61 Å². The third-order valence-corrected chi connectivity index (χ3v) is 3.55. The third-order valence-electron chi connectivity index (χ3n) is 3.55. The van der Waals surface area contributed by atoms with Gasteiger partial charge in [0.05, 0.1) is 18.6 Å². The second kappa shape index (κ2) is 5.38. The highest BCUT2D eigenvalue weighted by atomic mass is 16.5. The number of aromatic nitrogens is 2. The normalized spacial score (nSPS) is 15.2. The molecular formula is C14H20N2O2. The zero-order chi connectivity index (χ0) is 13.1. The van der Waals surface area contributed by atoms with Gasteiger partial charge in [0.15, 0.2) is 5.78 Å². The quantitative estimate of drug-likeness (QED) is 0.820. The summed E-state index contributed by atoms with van der Waals surface area (Å²) in [5.41, 5.74) is 4.20. The standard InChI is InChI=1S/C14H20N2O2/c1-10-13(11(2)16(3)15-10)6-7-14(17)12-5-4-8-18-9-12/h9H,4-8H2,1-3H3. The van der Waals surface area contributed by atoms with Crippen molar-refractivity contribution in [1.29, 1.82) is 0 Å². The Morgan fingerprint density at radius 2 is 2.28 bits per heavy atom. The summed E-state index contributed by atoms with van der Waals surface area (Å²) < 4.78 is 7.08. The first kappa shape index (κ1) is 12.9. The van der Waals surface area contributed by atoms with E-state index < -0.39 is 0 Å². The third kappa shape index (κ3) is 2.63. The van der Waals surface area contributed by atoms with Crippen LogP contribution in [0.1, 0.15) is 36.2 Å². The number of allylic oxidation sites excluding steroid dienone is 1. The van der Waals surface area contributed by atoms with E-state index in [1.54, 1.807) is 6.26 Å². The van der Waals surface area contributed by atoms with Crippen molar-refractivity contribution in [3.8, 4) is 0 Å². The number of carbonyl (C=O) groups excluding carboxylic acids is 1. The van der Waals surface area contributed by atoms with Crippen LogP contribution in [0.3, 0.4) is 0 Å². The number of nitrogens with zero attached hydrogens (tertiary/aromatic N) is 2. The number of aryl methyl sites for hydroxylation is 2. The molecule has 0 radical (unpaired) electrons. The first-order chi connectivity index (χ1) is 8.59. The second-order valence-electron chi connectivity index (χ2n) is 4.81. The Morgan fingerprint density at radius 1 is 1.50 bits per heavy atom. The number of ketones is 1. The Hall–Kier alpha value is -1.58. The van der Waals surface area contributed by atoms with Crippen molar-refractivity contribution in [1.82, 2.24) is 9.78 Å². The van der Waals surface area contributed by atoms with E-state index in [-0.39, 0.29) is 5.78 Å². The van der Waals surface area contributed by atoms with Crippen LogP contribution in [0.2, 0.25) is 0 Å². The van der Waals surface area contributed by atoms with Crippen LogP contribution in [-0.4, -0.2) is 22.2 Å². The van der Waals surface area contributed by atoms with Crippen molar-refractivity contribution in [2.24, 2.45) is 7.05 Å². The SMILES string of the molecule is Cc1nn(C)c(C)c1CCC(=O)C1=COCCC1. The van der Waals surface area contributed by atoms with Gasteiger partial charge in [0, 0.05) is 24.7 Å². The van der Waals surface area contributed by atoms with Gasteiger partial charge in [-0.1, -0.05) is 0 Å². The molecule has 18 heavy (non-hydrogen) atoms. The summed E-state index contributed by atoms with van der Waals surface area (Å²) in [5, 5.41) is 4.37. The van der Waals surface area contributed by atoms with Crippen molar-refractivity contribution >= 4 is 5.78 Å². The molecule has 0 saturated heterocycles. The van der Waals surface area contributed by atoms with Crippen molar-refractivity contribution in [2.45, 2.75) is 39.5 Å². The maximum Gasteiger partial charge on any atom is 0.162 e. The lowest BCUT2D eigenvalue weighted by Gasteiger charge is -2.12. The molecule has 1 aliphatic rings. The Kier molecular flexibility index (Phi) is 3.84. The van der Waals surface area contributed by atoms with Crippen LogP contribution in [0.15, 0.2) is 11.8 Å². The molecule has 0 atom stereocenters. The van der Waals surface area contributed by atoms with E-state index in [0.29, 0.717) is 6.42 Å². The molecular weight excluding hydrogens is 228 g/mol. The molecule has 1 aromatic heterocycles. The van der Waals surface area contributed by atoms with Gasteiger partial charge in [0.1, 0.15) is 0 Å². The molecule has 1 aliphatic heterocycles. The number of carbonyl (C=O) groups is 1. The number of Topliss-reactive ketones (excluding diaryl/α,β-unsaturated/α-hetero) is 1. The van der Waals surface area contributed by atoms with Crippen molar-refractivity contribution < 1.29 is 9.53 Å². The van der Waals surface area contributed by atoms with Crippen LogP contribution in [0.25, 0.3) is 0 Å². The molecule has 0 bridgehead atoms. The molecule has 4 nitrogen and oxygen atoms in total. The van der Waals surface area contributed by atoms with Gasteiger partial charge in [-0.05, 0) is 38.7 Å². The lowest BCUT2D eigenvalue weighted by Crippen LogP contribution is -2.10. The molecule has 1 aromatic rings. The highest BCUT2D eigenvalue weighted by Crippen LogP contribution is 2.18. The topological polar surface area (TPSA) is 44.1 Å². The van der Waals surface area contributed by atoms with E-state index in [1.807, 2.05) is 25.6 Å². The molecule has 0 unspecified atom stereocenters. The van der Waals surface area contributed by atoms with Gasteiger partial charge in [-0.3, -0.25) is 9.48 Å². The van der Waals surface area contributed by atoms with E-state index in [2.05, 4.69) is 5.10 Å². The van der Waals surface area contributed by atoms with E-state index in [4.69, 9.17) is 4.74 Å². The second-order valence-corrected chi connectivity index (χ2v) is 4.81. The van der Waals surface area contributed by atoms with Crippen molar-refractivity contribution in [3.63, 3.8) is 0 Å². The monoisotopic (exact) mass is 248 g/mol. The number of hydrogen-bond acceptors (Lipinski definition) is 3. The maximum atomic E-state index is 12.0. The van der Waals surface area contributed by atoms with Crippen LogP contribution >= 0.6 is 0 Å². The maximum absolute atomic E-state index is 12.0. The summed E-state index contributed by atoms with van der Waals surface area (Å²) >= 11 is 0. The van der Waals surface area contributed by atoms with E-state index in [1.165, 1.54) is 5.56 Å². The lowest BCUT2D eigenvalue weighted by atomic mass is 9.99. The Morgan fingerprint density at radius 3 is 2.83 bits per heavy atom. The zero-order valence-corrected chi connectivity index (χ0v) is 11.3. The lowest BCUT2D eigenvalue weighted by molar-refractivity contribution is -0.116. The summed E-state index contributed by atoms with van der Waals surface area (Å²) in [6.45, 7) is 4.77. The smallest absolute Gasteiger partial charge is 0.162 e. The minimum Gasteiger partial charge on any atom is -0.501 e. The van der Waals surface area contributed by atoms with Gasteiger partial charge in [0.25, 0.3) is 0 Å².